The fourth-order valence-corrected chi connectivity index (χ4v) is 4.26. The molecular weight excluding hydrogens is 407 g/mol. The third-order valence-electron chi connectivity index (χ3n) is 4.37. The lowest BCUT2D eigenvalue weighted by Crippen LogP contribution is -2.39. The molecule has 1 atom stereocenters. The van der Waals surface area contributed by atoms with E-state index in [4.69, 9.17) is 11.6 Å². The molecule has 1 aliphatic rings. The zero-order chi connectivity index (χ0) is 20.1. The van der Waals surface area contributed by atoms with Crippen LogP contribution in [0.4, 0.5) is 10.2 Å². The largest absolute Gasteiger partial charge is 0.354 e. The van der Waals surface area contributed by atoms with Gasteiger partial charge in [0.1, 0.15) is 11.6 Å². The lowest BCUT2D eigenvalue weighted by molar-refractivity contribution is -0.121. The molecule has 1 aliphatic heterocycles. The molecule has 10 heteroatoms. The summed E-state index contributed by atoms with van der Waals surface area (Å²) in [5.41, 5.74) is 0. The molecule has 1 fully saturated rings. The van der Waals surface area contributed by atoms with E-state index in [2.05, 4.69) is 19.9 Å². The Labute approximate surface area is 168 Å². The Kier molecular flexibility index (Phi) is 6.48. The van der Waals surface area contributed by atoms with Gasteiger partial charge in [0, 0.05) is 38.3 Å². The van der Waals surface area contributed by atoms with E-state index in [-0.39, 0.29) is 34.8 Å². The number of carbonyl (C=O) groups excluding carboxylic acids is 1. The normalized spacial score (nSPS) is 16.9. The maximum absolute atomic E-state index is 13.2. The van der Waals surface area contributed by atoms with E-state index in [0.29, 0.717) is 6.54 Å². The van der Waals surface area contributed by atoms with Crippen LogP contribution in [0.3, 0.4) is 0 Å². The first-order valence-electron chi connectivity index (χ1n) is 8.75. The number of hydrogen-bond acceptors (Lipinski definition) is 5. The second-order valence-electron chi connectivity index (χ2n) is 6.41. The first-order valence-corrected chi connectivity index (χ1v) is 10.6. The van der Waals surface area contributed by atoms with Crippen LogP contribution in [-0.4, -0.2) is 45.0 Å². The number of amides is 1. The van der Waals surface area contributed by atoms with Crippen LogP contribution in [0, 0.1) is 5.82 Å². The van der Waals surface area contributed by atoms with Gasteiger partial charge < -0.3 is 10.2 Å². The van der Waals surface area contributed by atoms with Crippen LogP contribution in [0.25, 0.3) is 0 Å². The Bertz CT molecular complexity index is 943. The summed E-state index contributed by atoms with van der Waals surface area (Å²) in [6.45, 7) is 1.38. The van der Waals surface area contributed by atoms with Gasteiger partial charge in [-0.15, -0.1) is 0 Å². The summed E-state index contributed by atoms with van der Waals surface area (Å²) in [4.78, 5) is 18.3. The predicted octanol–water partition coefficient (Wildman–Crippen LogP) is 1.94. The number of benzene rings is 1. The monoisotopic (exact) mass is 426 g/mol. The second kappa shape index (κ2) is 8.85. The Morgan fingerprint density at radius 2 is 2.14 bits per heavy atom. The van der Waals surface area contributed by atoms with Crippen LogP contribution in [0.15, 0.2) is 47.5 Å². The van der Waals surface area contributed by atoms with Gasteiger partial charge in [-0.05, 0) is 36.8 Å². The number of nitrogens with zero attached hydrogens (tertiary/aromatic N) is 2. The number of rotatable bonds is 7. The molecule has 0 radical (unpaired) electrons. The smallest absolute Gasteiger partial charge is 0.240 e. The highest BCUT2D eigenvalue weighted by Crippen LogP contribution is 2.19. The number of aromatic nitrogens is 1. The minimum atomic E-state index is -3.86. The molecule has 28 heavy (non-hydrogen) atoms. The zero-order valence-electron chi connectivity index (χ0n) is 14.9. The summed E-state index contributed by atoms with van der Waals surface area (Å²) in [6.07, 6.45) is 2.51. The van der Waals surface area contributed by atoms with E-state index in [9.17, 15) is 17.6 Å². The number of carbonyl (C=O) groups is 1. The van der Waals surface area contributed by atoms with Gasteiger partial charge in [-0.3, -0.25) is 4.79 Å². The molecule has 1 amide bonds. The highest BCUT2D eigenvalue weighted by molar-refractivity contribution is 7.89. The molecule has 0 spiro atoms. The van der Waals surface area contributed by atoms with Gasteiger partial charge in [0.15, 0.2) is 0 Å². The average Bonchev–Trinajstić information content (AvgIpc) is 3.13. The fourth-order valence-electron chi connectivity index (χ4n) is 2.95. The molecular formula is C18H20ClFN4O3S. The molecule has 1 saturated heterocycles. The quantitative estimate of drug-likeness (QED) is 0.706. The summed E-state index contributed by atoms with van der Waals surface area (Å²) < 4.78 is 39.9. The lowest BCUT2D eigenvalue weighted by Gasteiger charge is -2.17. The molecule has 0 bridgehead atoms. The van der Waals surface area contributed by atoms with Crippen molar-refractivity contribution in [1.82, 2.24) is 15.0 Å². The van der Waals surface area contributed by atoms with Crippen LogP contribution < -0.4 is 14.9 Å². The predicted molar refractivity (Wildman–Crippen MR) is 104 cm³/mol. The van der Waals surface area contributed by atoms with E-state index in [1.807, 2.05) is 18.2 Å². The topological polar surface area (TPSA) is 91.4 Å². The second-order valence-corrected chi connectivity index (χ2v) is 8.58. The Hall–Kier alpha value is -2.23. The third kappa shape index (κ3) is 5.18. The highest BCUT2D eigenvalue weighted by atomic mass is 35.5. The first kappa shape index (κ1) is 20.5. The van der Waals surface area contributed by atoms with Crippen LogP contribution >= 0.6 is 11.6 Å². The molecule has 0 aliphatic carbocycles. The Morgan fingerprint density at radius 3 is 2.86 bits per heavy atom. The van der Waals surface area contributed by atoms with E-state index >= 15 is 0 Å². The number of hydrogen-bond donors (Lipinski definition) is 2. The first-order chi connectivity index (χ1) is 13.3. The zero-order valence-corrected chi connectivity index (χ0v) is 16.5. The number of nitrogens with one attached hydrogen (secondary N) is 2. The third-order valence-corrected chi connectivity index (χ3v) is 6.12. The maximum Gasteiger partial charge on any atom is 0.240 e. The van der Waals surface area contributed by atoms with Crippen LogP contribution in [0.5, 0.6) is 0 Å². The molecule has 2 N–H and O–H groups in total. The molecule has 1 unspecified atom stereocenters. The van der Waals surface area contributed by atoms with Crippen molar-refractivity contribution in [3.8, 4) is 0 Å². The fraction of sp³-hybridized carbons (Fsp3) is 0.333. The minimum Gasteiger partial charge on any atom is -0.354 e. The number of halogens is 2. The van der Waals surface area contributed by atoms with Gasteiger partial charge in [0.2, 0.25) is 15.9 Å². The lowest BCUT2D eigenvalue weighted by atomic mass is 10.2. The van der Waals surface area contributed by atoms with Crippen LogP contribution in [0.2, 0.25) is 5.02 Å². The van der Waals surface area contributed by atoms with Gasteiger partial charge in [0.25, 0.3) is 0 Å². The van der Waals surface area contributed by atoms with Gasteiger partial charge in [0.05, 0.1) is 9.92 Å². The van der Waals surface area contributed by atoms with Gasteiger partial charge >= 0.3 is 0 Å². The molecule has 1 aromatic carbocycles. The molecule has 150 valence electrons. The summed E-state index contributed by atoms with van der Waals surface area (Å²) in [6, 6.07) is 8.80. The number of sulfonamides is 1. The highest BCUT2D eigenvalue weighted by Gasteiger charge is 2.24. The SMILES string of the molecule is O=C(CCNS(=O)(=O)c1ccc(F)c(Cl)c1)NC1CCN(c2ccccn2)C1. The van der Waals surface area contributed by atoms with Crippen molar-refractivity contribution in [2.75, 3.05) is 24.5 Å². The average molecular weight is 427 g/mol. The molecule has 1 aromatic heterocycles. The van der Waals surface area contributed by atoms with Crippen molar-refractivity contribution in [2.45, 2.75) is 23.8 Å². The molecule has 2 heterocycles. The maximum atomic E-state index is 13.2. The summed E-state index contributed by atoms with van der Waals surface area (Å²) in [5.74, 6) is -0.0750. The molecule has 7 nitrogen and oxygen atoms in total. The summed E-state index contributed by atoms with van der Waals surface area (Å²) >= 11 is 5.62. The molecule has 0 saturated carbocycles. The Balaban J connectivity index is 1.45. The van der Waals surface area contributed by atoms with Crippen molar-refractivity contribution >= 4 is 33.3 Å². The van der Waals surface area contributed by atoms with Crippen molar-refractivity contribution in [1.29, 1.82) is 0 Å². The van der Waals surface area contributed by atoms with Crippen molar-refractivity contribution in [2.24, 2.45) is 0 Å². The number of pyridine rings is 1. The van der Waals surface area contributed by atoms with E-state index < -0.39 is 15.8 Å². The van der Waals surface area contributed by atoms with Crippen molar-refractivity contribution < 1.29 is 17.6 Å². The number of anilines is 1. The van der Waals surface area contributed by atoms with Crippen molar-refractivity contribution in [3.63, 3.8) is 0 Å². The van der Waals surface area contributed by atoms with Gasteiger partial charge in [-0.1, -0.05) is 17.7 Å². The van der Waals surface area contributed by atoms with E-state index in [1.165, 1.54) is 0 Å². The van der Waals surface area contributed by atoms with Gasteiger partial charge in [-0.2, -0.15) is 0 Å². The Morgan fingerprint density at radius 1 is 1.32 bits per heavy atom. The molecule has 2 aromatic rings. The summed E-state index contributed by atoms with van der Waals surface area (Å²) in [7, 11) is -3.86. The van der Waals surface area contributed by atoms with Crippen LogP contribution in [-0.2, 0) is 14.8 Å². The standard InChI is InChI=1S/C18H20ClFN4O3S/c19-15-11-14(4-5-16(15)20)28(26,27)22-9-6-18(25)23-13-7-10-24(12-13)17-3-1-2-8-21-17/h1-5,8,11,13,22H,6-7,9-10,12H2,(H,23,25). The molecule has 3 rings (SSSR count). The van der Waals surface area contributed by atoms with Crippen molar-refractivity contribution in [3.05, 3.63) is 53.4 Å². The minimum absolute atomic E-state index is 0.00571. The summed E-state index contributed by atoms with van der Waals surface area (Å²) in [5, 5.41) is 2.63. The van der Waals surface area contributed by atoms with Gasteiger partial charge in [-0.25, -0.2) is 22.5 Å². The van der Waals surface area contributed by atoms with E-state index in [0.717, 1.165) is 37.0 Å². The van der Waals surface area contributed by atoms with Crippen LogP contribution in [0.1, 0.15) is 12.8 Å². The van der Waals surface area contributed by atoms with E-state index in [1.54, 1.807) is 6.20 Å².